The van der Waals surface area contributed by atoms with E-state index < -0.39 is 17.6 Å². The zero-order valence-corrected chi connectivity index (χ0v) is 13.4. The Labute approximate surface area is 130 Å². The average Bonchev–Trinajstić information content (AvgIpc) is 3.06. The Balaban J connectivity index is 2.17. The second kappa shape index (κ2) is 6.52. The fourth-order valence-corrected chi connectivity index (χ4v) is 2.56. The van der Waals surface area contributed by atoms with Gasteiger partial charge in [0.15, 0.2) is 0 Å². The van der Waals surface area contributed by atoms with E-state index in [0.717, 1.165) is 0 Å². The molecule has 1 fully saturated rings. The molecule has 0 radical (unpaired) electrons. The van der Waals surface area contributed by atoms with Crippen LogP contribution in [0.5, 0.6) is 0 Å². The van der Waals surface area contributed by atoms with Crippen molar-refractivity contribution in [3.8, 4) is 0 Å². The van der Waals surface area contributed by atoms with Crippen LogP contribution in [0.1, 0.15) is 45.9 Å². The van der Waals surface area contributed by atoms with Gasteiger partial charge in [-0.25, -0.2) is 0 Å². The average molecular weight is 309 g/mol. The van der Waals surface area contributed by atoms with Gasteiger partial charge >= 0.3 is 11.9 Å². The molecule has 0 saturated carbocycles. The molecular weight excluding hydrogens is 286 g/mol. The van der Waals surface area contributed by atoms with E-state index in [1.165, 1.54) is 0 Å². The summed E-state index contributed by atoms with van der Waals surface area (Å²) in [6.07, 6.45) is 1.87. The van der Waals surface area contributed by atoms with Crippen LogP contribution in [-0.4, -0.2) is 30.2 Å². The Hall–Kier alpha value is -1.82. The molecule has 1 unspecified atom stereocenters. The monoisotopic (exact) mass is 309 g/mol. The van der Waals surface area contributed by atoms with E-state index in [-0.39, 0.29) is 18.0 Å². The van der Waals surface area contributed by atoms with E-state index >= 15 is 0 Å². The van der Waals surface area contributed by atoms with Crippen LogP contribution in [0.2, 0.25) is 0 Å². The van der Waals surface area contributed by atoms with Gasteiger partial charge in [0.05, 0.1) is 24.8 Å². The van der Waals surface area contributed by atoms with Gasteiger partial charge in [0, 0.05) is 0 Å². The summed E-state index contributed by atoms with van der Waals surface area (Å²) >= 11 is 0. The molecule has 0 aliphatic carbocycles. The molecule has 0 spiro atoms. The molecule has 1 N–H and O–H groups in total. The molecule has 1 aliphatic rings. The smallest absolute Gasteiger partial charge is 0.323 e. The number of hydrogen-bond acceptors (Lipinski definition) is 6. The van der Waals surface area contributed by atoms with E-state index in [9.17, 15) is 9.59 Å². The summed E-state index contributed by atoms with van der Waals surface area (Å²) < 4.78 is 15.9. The van der Waals surface area contributed by atoms with Crippen molar-refractivity contribution < 1.29 is 23.5 Å². The largest absolute Gasteiger partial charge is 0.468 e. The Morgan fingerprint density at radius 3 is 2.64 bits per heavy atom. The standard InChI is InChI=1S/C16H23NO5/c1-5-20-15(19)11-9-10(14(18)22-16(2,3)4)13(17-11)12-7-6-8-21-12/h6-8,10-11,13,17H,5,9H2,1-4H3/t10-,11-,13?/m0/s1. The second-order valence-corrected chi connectivity index (χ2v) is 6.34. The zero-order valence-electron chi connectivity index (χ0n) is 13.4. The van der Waals surface area contributed by atoms with Gasteiger partial charge in [-0.2, -0.15) is 0 Å². The van der Waals surface area contributed by atoms with Crippen molar-refractivity contribution in [3.05, 3.63) is 24.2 Å². The molecule has 2 rings (SSSR count). The minimum absolute atomic E-state index is 0.305. The molecule has 3 atom stereocenters. The van der Waals surface area contributed by atoms with E-state index in [1.54, 1.807) is 25.3 Å². The maximum atomic E-state index is 12.4. The van der Waals surface area contributed by atoms with Gasteiger partial charge in [-0.15, -0.1) is 0 Å². The molecular formula is C16H23NO5. The van der Waals surface area contributed by atoms with Crippen molar-refractivity contribution in [1.29, 1.82) is 0 Å². The van der Waals surface area contributed by atoms with Gasteiger partial charge in [0.25, 0.3) is 0 Å². The Kier molecular flexibility index (Phi) is 4.90. The summed E-state index contributed by atoms with van der Waals surface area (Å²) in [5.74, 6) is -0.569. The van der Waals surface area contributed by atoms with Crippen LogP contribution in [-0.2, 0) is 19.1 Å². The van der Waals surface area contributed by atoms with Crippen LogP contribution in [0, 0.1) is 5.92 Å². The lowest BCUT2D eigenvalue weighted by atomic mass is 9.97. The summed E-state index contributed by atoms with van der Waals surface area (Å²) in [4.78, 5) is 24.4. The van der Waals surface area contributed by atoms with Gasteiger partial charge in [0.1, 0.15) is 17.4 Å². The topological polar surface area (TPSA) is 77.8 Å². The van der Waals surface area contributed by atoms with Gasteiger partial charge in [-0.1, -0.05) is 0 Å². The lowest BCUT2D eigenvalue weighted by molar-refractivity contribution is -0.160. The first-order valence-corrected chi connectivity index (χ1v) is 7.50. The molecule has 0 amide bonds. The molecule has 22 heavy (non-hydrogen) atoms. The predicted octanol–water partition coefficient (Wildman–Crippen LogP) is 2.20. The number of esters is 2. The number of nitrogens with one attached hydrogen (secondary N) is 1. The van der Waals surface area contributed by atoms with Crippen LogP contribution >= 0.6 is 0 Å². The van der Waals surface area contributed by atoms with Gasteiger partial charge in [-0.05, 0) is 46.2 Å². The van der Waals surface area contributed by atoms with Gasteiger partial charge in [-0.3, -0.25) is 14.9 Å². The molecule has 6 heteroatoms. The maximum absolute atomic E-state index is 12.4. The van der Waals surface area contributed by atoms with Crippen LogP contribution in [0.25, 0.3) is 0 Å². The number of hydrogen-bond donors (Lipinski definition) is 1. The van der Waals surface area contributed by atoms with Gasteiger partial charge < -0.3 is 13.9 Å². The Morgan fingerprint density at radius 2 is 2.09 bits per heavy atom. The third-order valence-corrected chi connectivity index (χ3v) is 3.40. The third kappa shape index (κ3) is 3.88. The highest BCUT2D eigenvalue weighted by molar-refractivity contribution is 5.80. The van der Waals surface area contributed by atoms with E-state index in [2.05, 4.69) is 5.32 Å². The Bertz CT molecular complexity index is 517. The minimum atomic E-state index is -0.577. The summed E-state index contributed by atoms with van der Waals surface area (Å²) in [7, 11) is 0. The van der Waals surface area contributed by atoms with E-state index in [0.29, 0.717) is 18.8 Å². The molecule has 2 heterocycles. The SMILES string of the molecule is CCOC(=O)[C@@H]1C[C@H](C(=O)OC(C)(C)C)C(c2ccco2)N1. The van der Waals surface area contributed by atoms with Crippen LogP contribution in [0.4, 0.5) is 0 Å². The first-order chi connectivity index (χ1) is 10.3. The van der Waals surface area contributed by atoms with Gasteiger partial charge in [0.2, 0.25) is 0 Å². The quantitative estimate of drug-likeness (QED) is 0.859. The van der Waals surface area contributed by atoms with Crippen molar-refractivity contribution in [2.45, 2.75) is 51.8 Å². The van der Waals surface area contributed by atoms with Crippen molar-refractivity contribution >= 4 is 11.9 Å². The summed E-state index contributed by atoms with van der Waals surface area (Å²) in [5, 5.41) is 3.13. The van der Waals surface area contributed by atoms with Crippen molar-refractivity contribution in [3.63, 3.8) is 0 Å². The predicted molar refractivity (Wildman–Crippen MR) is 79.0 cm³/mol. The molecule has 0 bridgehead atoms. The number of ether oxygens (including phenoxy) is 2. The van der Waals surface area contributed by atoms with Crippen LogP contribution < -0.4 is 5.32 Å². The highest BCUT2D eigenvalue weighted by Crippen LogP contribution is 2.35. The summed E-state index contributed by atoms with van der Waals surface area (Å²) in [6.45, 7) is 7.51. The molecule has 0 aromatic carbocycles. The fourth-order valence-electron chi connectivity index (χ4n) is 2.56. The Morgan fingerprint density at radius 1 is 1.36 bits per heavy atom. The first kappa shape index (κ1) is 16.5. The minimum Gasteiger partial charge on any atom is -0.468 e. The molecule has 6 nitrogen and oxygen atoms in total. The van der Waals surface area contributed by atoms with Crippen molar-refractivity contribution in [2.75, 3.05) is 6.61 Å². The molecule has 1 saturated heterocycles. The normalized spacial score (nSPS) is 25.0. The van der Waals surface area contributed by atoms with Crippen LogP contribution in [0.15, 0.2) is 22.8 Å². The second-order valence-electron chi connectivity index (χ2n) is 6.34. The highest BCUT2D eigenvalue weighted by atomic mass is 16.6. The van der Waals surface area contributed by atoms with E-state index in [1.807, 2.05) is 20.8 Å². The lowest BCUT2D eigenvalue weighted by Gasteiger charge is -2.24. The molecule has 122 valence electrons. The molecule has 1 aromatic heterocycles. The molecule has 1 aliphatic heterocycles. The molecule has 1 aromatic rings. The lowest BCUT2D eigenvalue weighted by Crippen LogP contribution is -2.34. The van der Waals surface area contributed by atoms with Crippen molar-refractivity contribution in [2.24, 2.45) is 5.92 Å². The fraction of sp³-hybridized carbons (Fsp3) is 0.625. The number of carbonyl (C=O) groups is 2. The zero-order chi connectivity index (χ0) is 16.3. The highest BCUT2D eigenvalue weighted by Gasteiger charge is 2.45. The third-order valence-electron chi connectivity index (χ3n) is 3.40. The summed E-state index contributed by atoms with van der Waals surface area (Å²) in [5.41, 5.74) is -0.577. The van der Waals surface area contributed by atoms with Crippen molar-refractivity contribution in [1.82, 2.24) is 5.32 Å². The number of carbonyl (C=O) groups excluding carboxylic acids is 2. The van der Waals surface area contributed by atoms with Crippen LogP contribution in [0.3, 0.4) is 0 Å². The number of furan rings is 1. The first-order valence-electron chi connectivity index (χ1n) is 7.50. The number of rotatable bonds is 4. The summed E-state index contributed by atoms with van der Waals surface area (Å²) in [6, 6.07) is 2.61. The maximum Gasteiger partial charge on any atom is 0.323 e. The van der Waals surface area contributed by atoms with E-state index in [4.69, 9.17) is 13.9 Å².